The minimum Gasteiger partial charge on any atom is -0.489 e. The number of nitrogens with two attached hydrogens (primary N) is 1. The minimum atomic E-state index is -3.67. The molecule has 6 heteroatoms. The first kappa shape index (κ1) is 18.9. The van der Waals surface area contributed by atoms with Gasteiger partial charge in [-0.3, -0.25) is 0 Å². The van der Waals surface area contributed by atoms with Crippen molar-refractivity contribution in [1.29, 1.82) is 0 Å². The number of benzene rings is 3. The van der Waals surface area contributed by atoms with Crippen LogP contribution in [0.3, 0.4) is 0 Å². The summed E-state index contributed by atoms with van der Waals surface area (Å²) < 4.78 is 34.7. The van der Waals surface area contributed by atoms with Gasteiger partial charge in [0.2, 0.25) is 10.0 Å². The molecule has 0 saturated heterocycles. The SMILES string of the molecule is NS(=O)(=O)Cc1ccc(OCc2ccccc2)cc1OCc1ccccc1. The van der Waals surface area contributed by atoms with E-state index in [0.29, 0.717) is 30.3 Å². The zero-order chi connectivity index (χ0) is 19.1. The molecule has 0 spiro atoms. The molecule has 0 atom stereocenters. The van der Waals surface area contributed by atoms with Crippen LogP contribution in [0.25, 0.3) is 0 Å². The average molecular weight is 383 g/mol. The third-order valence-electron chi connectivity index (χ3n) is 3.88. The van der Waals surface area contributed by atoms with Crippen molar-refractivity contribution >= 4 is 10.0 Å². The summed E-state index contributed by atoms with van der Waals surface area (Å²) in [5.74, 6) is 0.745. The summed E-state index contributed by atoms with van der Waals surface area (Å²) in [4.78, 5) is 0. The Bertz CT molecular complexity index is 974. The number of ether oxygens (including phenoxy) is 2. The highest BCUT2D eigenvalue weighted by atomic mass is 32.2. The van der Waals surface area contributed by atoms with Crippen LogP contribution in [0.4, 0.5) is 0 Å². The molecule has 0 aromatic heterocycles. The van der Waals surface area contributed by atoms with Gasteiger partial charge in [0.1, 0.15) is 24.7 Å². The topological polar surface area (TPSA) is 78.6 Å². The smallest absolute Gasteiger partial charge is 0.213 e. The number of sulfonamides is 1. The van der Waals surface area contributed by atoms with Gasteiger partial charge in [0.05, 0.1) is 5.75 Å². The zero-order valence-corrected chi connectivity index (χ0v) is 15.6. The number of primary sulfonamides is 1. The molecule has 0 aliphatic carbocycles. The zero-order valence-electron chi connectivity index (χ0n) is 14.7. The maximum atomic E-state index is 11.5. The summed E-state index contributed by atoms with van der Waals surface area (Å²) in [5.41, 5.74) is 2.52. The fourth-order valence-corrected chi connectivity index (χ4v) is 3.24. The van der Waals surface area contributed by atoms with Gasteiger partial charge >= 0.3 is 0 Å². The molecule has 2 N–H and O–H groups in total. The molecule has 0 radical (unpaired) electrons. The summed E-state index contributed by atoms with van der Waals surface area (Å²) in [7, 11) is -3.67. The van der Waals surface area contributed by atoms with Gasteiger partial charge in [-0.1, -0.05) is 66.7 Å². The molecule has 27 heavy (non-hydrogen) atoms. The van der Waals surface area contributed by atoms with Crippen LogP contribution in [0.15, 0.2) is 78.9 Å². The largest absolute Gasteiger partial charge is 0.489 e. The number of hydrogen-bond donors (Lipinski definition) is 1. The van der Waals surface area contributed by atoms with Crippen LogP contribution in [0.1, 0.15) is 16.7 Å². The highest BCUT2D eigenvalue weighted by Crippen LogP contribution is 2.27. The van der Waals surface area contributed by atoms with Crippen LogP contribution in [-0.2, 0) is 29.0 Å². The van der Waals surface area contributed by atoms with Gasteiger partial charge in [0.15, 0.2) is 0 Å². The molecule has 0 saturated carbocycles. The molecule has 0 aliphatic rings. The summed E-state index contributed by atoms with van der Waals surface area (Å²) in [6, 6.07) is 24.5. The molecule has 3 rings (SSSR count). The molecule has 0 amide bonds. The van der Waals surface area contributed by atoms with Gasteiger partial charge in [-0.05, 0) is 17.2 Å². The third kappa shape index (κ3) is 6.13. The van der Waals surface area contributed by atoms with E-state index in [2.05, 4.69) is 0 Å². The van der Waals surface area contributed by atoms with E-state index in [-0.39, 0.29) is 5.75 Å². The predicted molar refractivity (Wildman–Crippen MR) is 105 cm³/mol. The van der Waals surface area contributed by atoms with Crippen molar-refractivity contribution in [1.82, 2.24) is 0 Å². The van der Waals surface area contributed by atoms with E-state index in [0.717, 1.165) is 11.1 Å². The van der Waals surface area contributed by atoms with Gasteiger partial charge in [0, 0.05) is 11.6 Å². The van der Waals surface area contributed by atoms with E-state index in [1.54, 1.807) is 18.2 Å². The van der Waals surface area contributed by atoms with E-state index < -0.39 is 10.0 Å². The van der Waals surface area contributed by atoms with Crippen molar-refractivity contribution in [2.24, 2.45) is 5.14 Å². The molecule has 0 unspecified atom stereocenters. The predicted octanol–water partition coefficient (Wildman–Crippen LogP) is 3.63. The second kappa shape index (κ2) is 8.70. The molecule has 5 nitrogen and oxygen atoms in total. The fourth-order valence-electron chi connectivity index (χ4n) is 2.57. The molecular formula is C21H21NO4S. The van der Waals surface area contributed by atoms with Gasteiger partial charge in [-0.15, -0.1) is 0 Å². The van der Waals surface area contributed by atoms with Gasteiger partial charge in [-0.25, -0.2) is 13.6 Å². The lowest BCUT2D eigenvalue weighted by atomic mass is 10.2. The molecule has 0 bridgehead atoms. The molecule has 140 valence electrons. The lowest BCUT2D eigenvalue weighted by molar-refractivity contribution is 0.288. The first-order chi connectivity index (χ1) is 13.0. The van der Waals surface area contributed by atoms with Crippen molar-refractivity contribution in [3.05, 3.63) is 95.6 Å². The van der Waals surface area contributed by atoms with Gasteiger partial charge < -0.3 is 9.47 Å². The molecule has 3 aromatic carbocycles. The second-order valence-corrected chi connectivity index (χ2v) is 7.74. The van der Waals surface area contributed by atoms with Crippen LogP contribution in [0.5, 0.6) is 11.5 Å². The fraction of sp³-hybridized carbons (Fsp3) is 0.143. The maximum Gasteiger partial charge on any atom is 0.213 e. The van der Waals surface area contributed by atoms with Crippen LogP contribution < -0.4 is 14.6 Å². The molecule has 0 aliphatic heterocycles. The average Bonchev–Trinajstić information content (AvgIpc) is 2.66. The van der Waals surface area contributed by atoms with Crippen molar-refractivity contribution in [3.63, 3.8) is 0 Å². The highest BCUT2D eigenvalue weighted by molar-refractivity contribution is 7.88. The van der Waals surface area contributed by atoms with Gasteiger partial charge in [-0.2, -0.15) is 0 Å². The van der Waals surface area contributed by atoms with Crippen LogP contribution in [0, 0.1) is 0 Å². The third-order valence-corrected chi connectivity index (χ3v) is 4.59. The number of hydrogen-bond acceptors (Lipinski definition) is 4. The number of rotatable bonds is 8. The Hall–Kier alpha value is -2.83. The van der Waals surface area contributed by atoms with Crippen molar-refractivity contribution in [3.8, 4) is 11.5 Å². The molecule has 0 fully saturated rings. The van der Waals surface area contributed by atoms with Gasteiger partial charge in [0.25, 0.3) is 0 Å². The summed E-state index contributed by atoms with van der Waals surface area (Å²) in [6.45, 7) is 0.730. The lowest BCUT2D eigenvalue weighted by Crippen LogP contribution is -2.15. The Morgan fingerprint density at radius 1 is 0.741 bits per heavy atom. The lowest BCUT2D eigenvalue weighted by Gasteiger charge is -2.14. The summed E-state index contributed by atoms with van der Waals surface area (Å²) >= 11 is 0. The minimum absolute atomic E-state index is 0.296. The Kier molecular flexibility index (Phi) is 6.11. The van der Waals surface area contributed by atoms with Crippen LogP contribution in [0.2, 0.25) is 0 Å². The second-order valence-electron chi connectivity index (χ2n) is 6.13. The van der Waals surface area contributed by atoms with E-state index in [4.69, 9.17) is 14.6 Å². The molecular weight excluding hydrogens is 362 g/mol. The highest BCUT2D eigenvalue weighted by Gasteiger charge is 2.13. The summed E-state index contributed by atoms with van der Waals surface area (Å²) in [5, 5.41) is 5.20. The Balaban J connectivity index is 1.77. The monoisotopic (exact) mass is 383 g/mol. The Morgan fingerprint density at radius 3 is 1.85 bits per heavy atom. The van der Waals surface area contributed by atoms with Crippen LogP contribution in [-0.4, -0.2) is 8.42 Å². The van der Waals surface area contributed by atoms with Crippen LogP contribution >= 0.6 is 0 Å². The normalized spacial score (nSPS) is 11.1. The standard InChI is InChI=1S/C21H21NO4S/c22-27(23,24)16-19-11-12-20(25-14-17-7-3-1-4-8-17)13-21(19)26-15-18-9-5-2-6-10-18/h1-13H,14-16H2,(H2,22,23,24). The first-order valence-corrected chi connectivity index (χ1v) is 10.2. The Morgan fingerprint density at radius 2 is 1.30 bits per heavy atom. The van der Waals surface area contributed by atoms with E-state index in [9.17, 15) is 8.42 Å². The van der Waals surface area contributed by atoms with E-state index in [1.165, 1.54) is 0 Å². The first-order valence-electron chi connectivity index (χ1n) is 8.46. The quantitative estimate of drug-likeness (QED) is 0.644. The Labute approximate surface area is 159 Å². The molecule has 3 aromatic rings. The van der Waals surface area contributed by atoms with E-state index in [1.807, 2.05) is 60.7 Å². The maximum absolute atomic E-state index is 11.5. The van der Waals surface area contributed by atoms with Crippen molar-refractivity contribution < 1.29 is 17.9 Å². The van der Waals surface area contributed by atoms with Crippen molar-refractivity contribution in [2.75, 3.05) is 0 Å². The van der Waals surface area contributed by atoms with Crippen molar-refractivity contribution in [2.45, 2.75) is 19.0 Å². The summed E-state index contributed by atoms with van der Waals surface area (Å²) in [6.07, 6.45) is 0. The van der Waals surface area contributed by atoms with E-state index >= 15 is 0 Å². The molecule has 0 heterocycles.